The Labute approximate surface area is 103 Å². The molecular formula is C8H10F3N3O3S. The minimum atomic E-state index is -4.95. The van der Waals surface area contributed by atoms with Crippen LogP contribution in [0, 0.1) is 0 Å². The smallest absolute Gasteiger partial charge is 0.372 e. The number of hydrogen-bond acceptors (Lipinski definition) is 4. The molecule has 0 spiro atoms. The average molecular weight is 285 g/mol. The summed E-state index contributed by atoms with van der Waals surface area (Å²) in [6.07, 6.45) is 1.000. The first-order valence-corrected chi connectivity index (χ1v) is 5.87. The van der Waals surface area contributed by atoms with E-state index in [0.717, 1.165) is 12.3 Å². The van der Waals surface area contributed by atoms with E-state index in [9.17, 15) is 22.2 Å². The highest BCUT2D eigenvalue weighted by atomic mass is 32.2. The molecule has 6 nitrogen and oxygen atoms in total. The van der Waals surface area contributed by atoms with Gasteiger partial charge in [0.15, 0.2) is 0 Å². The van der Waals surface area contributed by atoms with Crippen LogP contribution in [0.3, 0.4) is 0 Å². The molecule has 1 heterocycles. The Kier molecular flexibility index (Phi) is 4.84. The van der Waals surface area contributed by atoms with Crippen molar-refractivity contribution in [3.05, 3.63) is 12.3 Å². The molecule has 1 N–H and O–H groups in total. The SMILES string of the molecule is CCOCC(=O)Nc1ccnn1S(=O)C(F)(F)F. The molecule has 10 heteroatoms. The van der Waals surface area contributed by atoms with Crippen LogP contribution in [-0.4, -0.2) is 38.0 Å². The fourth-order valence-electron chi connectivity index (χ4n) is 0.984. The lowest BCUT2D eigenvalue weighted by Crippen LogP contribution is -2.27. The number of ether oxygens (including phenoxy) is 1. The molecule has 0 aliphatic carbocycles. The van der Waals surface area contributed by atoms with E-state index in [1.54, 1.807) is 6.92 Å². The number of carbonyl (C=O) groups is 1. The fraction of sp³-hybridized carbons (Fsp3) is 0.500. The predicted molar refractivity (Wildman–Crippen MR) is 56.9 cm³/mol. The second-order valence-electron chi connectivity index (χ2n) is 2.97. The second kappa shape index (κ2) is 5.96. The zero-order valence-electron chi connectivity index (χ0n) is 9.23. The Morgan fingerprint density at radius 3 is 2.83 bits per heavy atom. The molecule has 1 atom stereocenters. The highest BCUT2D eigenvalue weighted by molar-refractivity contribution is 7.84. The highest BCUT2D eigenvalue weighted by Gasteiger charge is 2.40. The molecule has 1 aromatic heterocycles. The van der Waals surface area contributed by atoms with Gasteiger partial charge in [-0.3, -0.25) is 4.79 Å². The van der Waals surface area contributed by atoms with Gasteiger partial charge in [-0.1, -0.05) is 0 Å². The van der Waals surface area contributed by atoms with Crippen LogP contribution in [0.25, 0.3) is 0 Å². The molecule has 0 saturated heterocycles. The van der Waals surface area contributed by atoms with Crippen molar-refractivity contribution in [2.45, 2.75) is 12.4 Å². The van der Waals surface area contributed by atoms with Gasteiger partial charge < -0.3 is 10.1 Å². The van der Waals surface area contributed by atoms with Crippen LogP contribution in [0.15, 0.2) is 12.3 Å². The first kappa shape index (κ1) is 14.6. The zero-order valence-corrected chi connectivity index (χ0v) is 10.0. The van der Waals surface area contributed by atoms with E-state index in [1.165, 1.54) is 0 Å². The summed E-state index contributed by atoms with van der Waals surface area (Å²) < 4.78 is 52.7. The number of nitrogens with one attached hydrogen (secondary N) is 1. The summed E-state index contributed by atoms with van der Waals surface area (Å²) in [4.78, 5) is 11.2. The van der Waals surface area contributed by atoms with Crippen molar-refractivity contribution in [1.82, 2.24) is 9.19 Å². The van der Waals surface area contributed by atoms with E-state index in [0.29, 0.717) is 6.61 Å². The van der Waals surface area contributed by atoms with Gasteiger partial charge in [0.1, 0.15) is 12.4 Å². The van der Waals surface area contributed by atoms with E-state index in [4.69, 9.17) is 4.74 Å². The third kappa shape index (κ3) is 3.81. The summed E-state index contributed by atoms with van der Waals surface area (Å²) in [5.41, 5.74) is -4.95. The number of nitrogens with zero attached hydrogens (tertiary/aromatic N) is 2. The van der Waals surface area contributed by atoms with Crippen molar-refractivity contribution in [1.29, 1.82) is 0 Å². The molecule has 0 radical (unpaired) electrons. The monoisotopic (exact) mass is 285 g/mol. The molecule has 1 aromatic rings. The maximum Gasteiger partial charge on any atom is 0.492 e. The lowest BCUT2D eigenvalue weighted by atomic mass is 10.5. The Morgan fingerprint density at radius 1 is 1.61 bits per heavy atom. The van der Waals surface area contributed by atoms with Gasteiger partial charge in [0.05, 0.1) is 6.20 Å². The van der Waals surface area contributed by atoms with Gasteiger partial charge in [0.25, 0.3) is 5.91 Å². The average Bonchev–Trinajstić information content (AvgIpc) is 2.72. The summed E-state index contributed by atoms with van der Waals surface area (Å²) in [5.74, 6) is -0.965. The lowest BCUT2D eigenvalue weighted by Gasteiger charge is -2.10. The van der Waals surface area contributed by atoms with E-state index in [2.05, 4.69) is 10.4 Å². The number of aromatic nitrogens is 2. The molecule has 1 amide bonds. The van der Waals surface area contributed by atoms with Crippen molar-refractivity contribution in [3.8, 4) is 0 Å². The number of halogens is 3. The van der Waals surface area contributed by atoms with E-state index in [-0.39, 0.29) is 16.5 Å². The Bertz CT molecular complexity index is 446. The summed E-state index contributed by atoms with van der Waals surface area (Å²) >= 11 is 0. The molecule has 0 aromatic carbocycles. The molecule has 1 rings (SSSR count). The van der Waals surface area contributed by atoms with Gasteiger partial charge in [-0.25, -0.2) is 4.21 Å². The topological polar surface area (TPSA) is 73.2 Å². The number of hydrogen-bond donors (Lipinski definition) is 1. The molecule has 0 aliphatic heterocycles. The van der Waals surface area contributed by atoms with Gasteiger partial charge in [-0.05, 0) is 6.92 Å². The van der Waals surface area contributed by atoms with Crippen LogP contribution in [-0.2, 0) is 20.5 Å². The van der Waals surface area contributed by atoms with E-state index < -0.39 is 22.4 Å². The maximum atomic E-state index is 12.2. The van der Waals surface area contributed by atoms with Crippen LogP contribution >= 0.6 is 0 Å². The predicted octanol–water partition coefficient (Wildman–Crippen LogP) is 0.890. The van der Waals surface area contributed by atoms with Crippen molar-refractivity contribution in [2.75, 3.05) is 18.5 Å². The number of alkyl halides is 3. The van der Waals surface area contributed by atoms with Crippen molar-refractivity contribution < 1.29 is 26.9 Å². The number of rotatable bonds is 5. The number of amides is 1. The normalized spacial score (nSPS) is 13.3. The summed E-state index contributed by atoms with van der Waals surface area (Å²) in [5, 5.41) is 5.38. The van der Waals surface area contributed by atoms with Crippen LogP contribution in [0.1, 0.15) is 6.92 Å². The molecule has 102 valence electrons. The third-order valence-electron chi connectivity index (χ3n) is 1.67. The molecule has 0 aliphatic rings. The third-order valence-corrected chi connectivity index (χ3v) is 2.67. The minimum Gasteiger partial charge on any atom is -0.372 e. The Morgan fingerprint density at radius 2 is 2.28 bits per heavy atom. The quantitative estimate of drug-likeness (QED) is 0.872. The fourth-order valence-corrected chi connectivity index (χ4v) is 1.61. The minimum absolute atomic E-state index is 0.184. The van der Waals surface area contributed by atoms with E-state index in [1.807, 2.05) is 0 Å². The molecule has 0 saturated carbocycles. The van der Waals surface area contributed by atoms with Gasteiger partial charge in [-0.2, -0.15) is 22.4 Å². The van der Waals surface area contributed by atoms with Crippen LogP contribution in [0.4, 0.5) is 19.0 Å². The molecule has 0 fully saturated rings. The van der Waals surface area contributed by atoms with Gasteiger partial charge in [0.2, 0.25) is 11.0 Å². The molecule has 0 bridgehead atoms. The largest absolute Gasteiger partial charge is 0.492 e. The molecule has 18 heavy (non-hydrogen) atoms. The first-order valence-electron chi connectivity index (χ1n) is 4.77. The van der Waals surface area contributed by atoms with Crippen LogP contribution < -0.4 is 5.32 Å². The Hall–Kier alpha value is -1.42. The van der Waals surface area contributed by atoms with E-state index >= 15 is 0 Å². The van der Waals surface area contributed by atoms with Gasteiger partial charge >= 0.3 is 5.51 Å². The summed E-state index contributed by atoms with van der Waals surface area (Å²) in [7, 11) is -3.35. The van der Waals surface area contributed by atoms with Crippen LogP contribution in [0.5, 0.6) is 0 Å². The van der Waals surface area contributed by atoms with Crippen molar-refractivity contribution in [2.24, 2.45) is 0 Å². The van der Waals surface area contributed by atoms with Crippen LogP contribution in [0.2, 0.25) is 0 Å². The standard InChI is InChI=1S/C8H10F3N3O3S/c1-2-17-5-7(15)13-6-3-4-12-14(6)18(16)8(9,10)11/h3-4H,2,5H2,1H3,(H,13,15). The van der Waals surface area contributed by atoms with Gasteiger partial charge in [0, 0.05) is 12.7 Å². The molecule has 1 unspecified atom stereocenters. The maximum absolute atomic E-state index is 12.2. The number of anilines is 1. The zero-order chi connectivity index (χ0) is 13.8. The first-order chi connectivity index (χ1) is 8.36. The van der Waals surface area contributed by atoms with Crippen molar-refractivity contribution in [3.63, 3.8) is 0 Å². The summed E-state index contributed by atoms with van der Waals surface area (Å²) in [6, 6.07) is 1.10. The highest BCUT2D eigenvalue weighted by Crippen LogP contribution is 2.23. The number of carbonyl (C=O) groups excluding carboxylic acids is 1. The Balaban J connectivity index is 2.77. The second-order valence-corrected chi connectivity index (χ2v) is 4.28. The molecular weight excluding hydrogens is 275 g/mol. The van der Waals surface area contributed by atoms with Crippen molar-refractivity contribution >= 4 is 22.7 Å². The lowest BCUT2D eigenvalue weighted by molar-refractivity contribution is -0.120. The van der Waals surface area contributed by atoms with Gasteiger partial charge in [-0.15, -0.1) is 0 Å². The summed E-state index contributed by atoms with van der Waals surface area (Å²) in [6.45, 7) is 1.65.